The average Bonchev–Trinajstić information content (AvgIpc) is 3.48. The van der Waals surface area contributed by atoms with Crippen LogP contribution in [0, 0.1) is 0 Å². The van der Waals surface area contributed by atoms with Crippen molar-refractivity contribution in [3.63, 3.8) is 0 Å². The van der Waals surface area contributed by atoms with E-state index in [1.54, 1.807) is 0 Å². The molecule has 2 heterocycles. The summed E-state index contributed by atoms with van der Waals surface area (Å²) in [6.07, 6.45) is 5.45. The highest BCUT2D eigenvalue weighted by Gasteiger charge is 2.23. The largest absolute Gasteiger partial charge is 0.378 e. The fourth-order valence-electron chi connectivity index (χ4n) is 4.79. The zero-order chi connectivity index (χ0) is 24.2. The molecule has 0 fully saturated rings. The van der Waals surface area contributed by atoms with E-state index in [0.29, 0.717) is 13.0 Å². The number of nitrogens with one attached hydrogen (secondary N) is 3. The molecule has 3 aromatic carbocycles. The Morgan fingerprint density at radius 3 is 2.03 bits per heavy atom. The summed E-state index contributed by atoms with van der Waals surface area (Å²) >= 11 is 0. The van der Waals surface area contributed by atoms with E-state index in [1.807, 2.05) is 32.0 Å². The lowest BCUT2D eigenvalue weighted by Crippen LogP contribution is -2.17. The van der Waals surface area contributed by atoms with Crippen LogP contribution >= 0.6 is 0 Å². The Hall–Kier alpha value is -3.83. The second kappa shape index (κ2) is 10.2. The van der Waals surface area contributed by atoms with Crippen LogP contribution in [0.2, 0.25) is 0 Å². The summed E-state index contributed by atoms with van der Waals surface area (Å²) in [6.45, 7) is 4.37. The van der Waals surface area contributed by atoms with E-state index in [9.17, 15) is 4.79 Å². The Labute approximate surface area is 205 Å². The van der Waals surface area contributed by atoms with Crippen molar-refractivity contribution in [2.75, 3.05) is 11.9 Å². The lowest BCUT2D eigenvalue weighted by Gasteiger charge is -2.19. The van der Waals surface area contributed by atoms with Crippen LogP contribution in [0.15, 0.2) is 85.2 Å². The number of benzene rings is 3. The topological polar surface area (TPSA) is 69.9 Å². The number of anilines is 1. The van der Waals surface area contributed by atoms with Gasteiger partial charge in [-0.3, -0.25) is 4.79 Å². The van der Waals surface area contributed by atoms with Gasteiger partial charge >= 0.3 is 0 Å². The number of carbonyl (C=O) groups is 1. The van der Waals surface area contributed by atoms with E-state index in [4.69, 9.17) is 4.74 Å². The minimum Gasteiger partial charge on any atom is -0.378 e. The van der Waals surface area contributed by atoms with Crippen molar-refractivity contribution in [3.05, 3.63) is 102 Å². The van der Waals surface area contributed by atoms with Gasteiger partial charge in [-0.15, -0.1) is 0 Å². The van der Waals surface area contributed by atoms with E-state index < -0.39 is 0 Å². The first-order valence-electron chi connectivity index (χ1n) is 12.2. The summed E-state index contributed by atoms with van der Waals surface area (Å²) in [7, 11) is 0. The predicted molar refractivity (Wildman–Crippen MR) is 143 cm³/mol. The molecule has 0 aliphatic carbocycles. The molecule has 1 amide bonds. The first-order chi connectivity index (χ1) is 17.1. The molecule has 178 valence electrons. The van der Waals surface area contributed by atoms with E-state index in [2.05, 4.69) is 82.3 Å². The Kier molecular flexibility index (Phi) is 6.68. The highest BCUT2D eigenvalue weighted by Crippen LogP contribution is 2.38. The molecule has 0 radical (unpaired) electrons. The van der Waals surface area contributed by atoms with Crippen LogP contribution in [0.3, 0.4) is 0 Å². The van der Waals surface area contributed by atoms with Crippen molar-refractivity contribution in [2.45, 2.75) is 38.7 Å². The highest BCUT2D eigenvalue weighted by atomic mass is 16.5. The van der Waals surface area contributed by atoms with Crippen molar-refractivity contribution >= 4 is 33.4 Å². The predicted octanol–water partition coefficient (Wildman–Crippen LogP) is 6.78. The molecule has 35 heavy (non-hydrogen) atoms. The molecule has 0 saturated carbocycles. The number of rotatable bonds is 9. The molecule has 0 atom stereocenters. The number of ether oxygens (including phenoxy) is 1. The molecule has 0 aliphatic heterocycles. The minimum absolute atomic E-state index is 0.0335. The number of aromatic amines is 2. The molecule has 5 heteroatoms. The van der Waals surface area contributed by atoms with Crippen molar-refractivity contribution < 1.29 is 9.53 Å². The number of para-hydroxylation sites is 3. The van der Waals surface area contributed by atoms with Crippen molar-refractivity contribution in [3.8, 4) is 0 Å². The third kappa shape index (κ3) is 5.00. The SMILES string of the molecule is CC(C)OCCC(=O)Nc1ccccc1CC(c1c[nH]c2ccccc12)c1c[nH]c2ccccc12. The maximum atomic E-state index is 12.6. The first kappa shape index (κ1) is 22.9. The van der Waals surface area contributed by atoms with Crippen LogP contribution in [0.1, 0.15) is 42.9 Å². The number of amides is 1. The summed E-state index contributed by atoms with van der Waals surface area (Å²) in [5.41, 5.74) is 6.70. The molecule has 3 N–H and O–H groups in total. The standard InChI is InChI=1S/C30H31N3O2/c1-20(2)35-16-15-30(34)33-27-12-6-3-9-21(27)17-24(25-18-31-28-13-7-4-10-22(25)28)26-19-32-29-14-8-5-11-23(26)29/h3-14,18-20,24,31-32H,15-17H2,1-2H3,(H,33,34). The number of hydrogen-bond acceptors (Lipinski definition) is 2. The van der Waals surface area contributed by atoms with Crippen molar-refractivity contribution in [1.82, 2.24) is 9.97 Å². The highest BCUT2D eigenvalue weighted by molar-refractivity contribution is 5.92. The fourth-order valence-corrected chi connectivity index (χ4v) is 4.79. The number of aromatic nitrogens is 2. The molecule has 5 rings (SSSR count). The van der Waals surface area contributed by atoms with Crippen molar-refractivity contribution in [1.29, 1.82) is 0 Å². The quantitative estimate of drug-likeness (QED) is 0.225. The molecule has 5 nitrogen and oxygen atoms in total. The van der Waals surface area contributed by atoms with E-state index >= 15 is 0 Å². The smallest absolute Gasteiger partial charge is 0.226 e. The van der Waals surface area contributed by atoms with Crippen molar-refractivity contribution in [2.24, 2.45) is 0 Å². The third-order valence-corrected chi connectivity index (χ3v) is 6.49. The van der Waals surface area contributed by atoms with Gasteiger partial charge < -0.3 is 20.0 Å². The Morgan fingerprint density at radius 1 is 0.829 bits per heavy atom. The number of hydrogen-bond donors (Lipinski definition) is 3. The average molecular weight is 466 g/mol. The molecular formula is C30H31N3O2. The summed E-state index contributed by atoms with van der Waals surface area (Å²) in [6, 6.07) is 24.9. The van der Waals surface area contributed by atoms with Gasteiger partial charge in [0, 0.05) is 45.8 Å². The Bertz CT molecular complexity index is 1370. The van der Waals surface area contributed by atoms with Gasteiger partial charge in [0.15, 0.2) is 0 Å². The lowest BCUT2D eigenvalue weighted by atomic mass is 9.85. The lowest BCUT2D eigenvalue weighted by molar-refractivity contribution is -0.117. The van der Waals surface area contributed by atoms with Crippen LogP contribution < -0.4 is 5.32 Å². The maximum absolute atomic E-state index is 12.6. The minimum atomic E-state index is -0.0335. The monoisotopic (exact) mass is 465 g/mol. The second-order valence-corrected chi connectivity index (χ2v) is 9.21. The normalized spacial score (nSPS) is 11.7. The molecule has 0 aliphatic rings. The fraction of sp³-hybridized carbons (Fsp3) is 0.233. The summed E-state index contributed by atoms with van der Waals surface area (Å²) in [5.74, 6) is 0.0680. The molecular weight excluding hydrogens is 434 g/mol. The van der Waals surface area contributed by atoms with Gasteiger partial charge in [-0.2, -0.15) is 0 Å². The summed E-state index contributed by atoms with van der Waals surface area (Å²) in [5, 5.41) is 5.56. The molecule has 0 bridgehead atoms. The zero-order valence-corrected chi connectivity index (χ0v) is 20.2. The van der Waals surface area contributed by atoms with Crippen LogP contribution in [-0.2, 0) is 16.0 Å². The molecule has 2 aromatic heterocycles. The molecule has 0 unspecified atom stereocenters. The summed E-state index contributed by atoms with van der Waals surface area (Å²) < 4.78 is 5.56. The maximum Gasteiger partial charge on any atom is 0.226 e. The third-order valence-electron chi connectivity index (χ3n) is 6.49. The van der Waals surface area contributed by atoms with Crippen LogP contribution in [-0.4, -0.2) is 28.6 Å². The Morgan fingerprint density at radius 2 is 1.40 bits per heavy atom. The van der Waals surface area contributed by atoms with Gasteiger partial charge in [0.1, 0.15) is 0 Å². The van der Waals surface area contributed by atoms with Gasteiger partial charge in [-0.1, -0.05) is 54.6 Å². The van der Waals surface area contributed by atoms with Crippen LogP contribution in [0.4, 0.5) is 5.69 Å². The van der Waals surface area contributed by atoms with Gasteiger partial charge in [0.2, 0.25) is 5.91 Å². The number of carbonyl (C=O) groups excluding carboxylic acids is 1. The number of H-pyrrole nitrogens is 2. The number of fused-ring (bicyclic) bond motifs is 2. The van der Waals surface area contributed by atoms with Crippen LogP contribution in [0.5, 0.6) is 0 Å². The molecule has 0 saturated heterocycles. The van der Waals surface area contributed by atoms with Gasteiger partial charge in [-0.05, 0) is 55.2 Å². The van der Waals surface area contributed by atoms with E-state index in [-0.39, 0.29) is 17.9 Å². The molecule has 5 aromatic rings. The summed E-state index contributed by atoms with van der Waals surface area (Å²) in [4.78, 5) is 19.5. The second-order valence-electron chi connectivity index (χ2n) is 9.21. The van der Waals surface area contributed by atoms with Gasteiger partial charge in [0.25, 0.3) is 0 Å². The Balaban J connectivity index is 1.50. The van der Waals surface area contributed by atoms with E-state index in [1.165, 1.54) is 21.9 Å². The van der Waals surface area contributed by atoms with E-state index in [0.717, 1.165) is 28.7 Å². The zero-order valence-electron chi connectivity index (χ0n) is 20.2. The van der Waals surface area contributed by atoms with Crippen LogP contribution in [0.25, 0.3) is 21.8 Å². The van der Waals surface area contributed by atoms with Gasteiger partial charge in [0.05, 0.1) is 19.1 Å². The first-order valence-corrected chi connectivity index (χ1v) is 12.2. The molecule has 0 spiro atoms. The van der Waals surface area contributed by atoms with Gasteiger partial charge in [-0.25, -0.2) is 0 Å².